The van der Waals surface area contributed by atoms with Gasteiger partial charge in [-0.3, -0.25) is 0 Å². The lowest BCUT2D eigenvalue weighted by Crippen LogP contribution is -1.97. The van der Waals surface area contributed by atoms with Crippen molar-refractivity contribution in [2.45, 2.75) is 102 Å². The largest absolute Gasteiger partial charge is 0.494 e. The number of ether oxygens (including phenoxy) is 1. The van der Waals surface area contributed by atoms with Gasteiger partial charge in [-0.2, -0.15) is 0 Å². The van der Waals surface area contributed by atoms with Gasteiger partial charge >= 0.3 is 0 Å². The van der Waals surface area contributed by atoms with Crippen molar-refractivity contribution in [1.29, 1.82) is 0 Å². The minimum atomic E-state index is 0.829. The van der Waals surface area contributed by atoms with Gasteiger partial charge in [-0.15, -0.1) is 11.8 Å². The molecule has 0 fully saturated rings. The van der Waals surface area contributed by atoms with Gasteiger partial charge < -0.3 is 4.74 Å². The second kappa shape index (κ2) is 17.2. The van der Waals surface area contributed by atoms with Crippen molar-refractivity contribution in [3.63, 3.8) is 0 Å². The molecule has 0 spiro atoms. The van der Waals surface area contributed by atoms with Crippen LogP contribution in [0.3, 0.4) is 0 Å². The van der Waals surface area contributed by atoms with Crippen LogP contribution < -0.4 is 4.74 Å². The third-order valence-corrected chi connectivity index (χ3v) is 6.92. The maximum absolute atomic E-state index is 5.91. The fraction of sp³-hybridized carbons (Fsp3) is 0.586. The van der Waals surface area contributed by atoms with Crippen LogP contribution in [-0.2, 0) is 0 Å². The normalized spacial score (nSPS) is 11.0. The van der Waals surface area contributed by atoms with Crippen molar-refractivity contribution in [2.75, 3.05) is 12.4 Å². The average molecular weight is 441 g/mol. The molecular weight excluding hydrogens is 396 g/mol. The number of benzene rings is 2. The minimum absolute atomic E-state index is 0.829. The highest BCUT2D eigenvalue weighted by atomic mass is 32.2. The highest BCUT2D eigenvalue weighted by Crippen LogP contribution is 2.26. The van der Waals surface area contributed by atoms with Gasteiger partial charge in [0.2, 0.25) is 0 Å². The molecule has 0 unspecified atom stereocenters. The van der Waals surface area contributed by atoms with E-state index in [1.807, 2.05) is 11.8 Å². The predicted octanol–water partition coefficient (Wildman–Crippen LogP) is 9.94. The number of rotatable bonds is 18. The SMILES string of the molecule is CCCCCCCCCSc1ccc(-c2ccc(OCCCCCCCC)cc2)cc1. The zero-order valence-corrected chi connectivity index (χ0v) is 20.9. The summed E-state index contributed by atoms with van der Waals surface area (Å²) in [5, 5.41) is 0. The van der Waals surface area contributed by atoms with E-state index in [2.05, 4.69) is 62.4 Å². The Morgan fingerprint density at radius 1 is 0.548 bits per heavy atom. The molecule has 2 heteroatoms. The van der Waals surface area contributed by atoms with Crippen molar-refractivity contribution in [3.05, 3.63) is 48.5 Å². The van der Waals surface area contributed by atoms with Gasteiger partial charge in [-0.05, 0) is 54.0 Å². The van der Waals surface area contributed by atoms with Crippen LogP contribution in [0.5, 0.6) is 5.75 Å². The fourth-order valence-corrected chi connectivity index (χ4v) is 4.72. The monoisotopic (exact) mass is 440 g/mol. The van der Waals surface area contributed by atoms with Crippen LogP contribution in [0.15, 0.2) is 53.4 Å². The molecule has 0 amide bonds. The lowest BCUT2D eigenvalue weighted by atomic mass is 10.1. The van der Waals surface area contributed by atoms with E-state index < -0.39 is 0 Å². The molecule has 2 aromatic carbocycles. The molecule has 0 heterocycles. The highest BCUT2D eigenvalue weighted by Gasteiger charge is 2.01. The third-order valence-electron chi connectivity index (χ3n) is 5.83. The molecule has 31 heavy (non-hydrogen) atoms. The van der Waals surface area contributed by atoms with Crippen LogP contribution in [0.2, 0.25) is 0 Å². The van der Waals surface area contributed by atoms with Gasteiger partial charge in [0.05, 0.1) is 6.61 Å². The Balaban J connectivity index is 1.63. The lowest BCUT2D eigenvalue weighted by Gasteiger charge is -2.08. The molecule has 172 valence electrons. The highest BCUT2D eigenvalue weighted by molar-refractivity contribution is 7.99. The van der Waals surface area contributed by atoms with Gasteiger partial charge in [-0.1, -0.05) is 109 Å². The molecule has 0 aliphatic heterocycles. The van der Waals surface area contributed by atoms with Gasteiger partial charge in [-0.25, -0.2) is 0 Å². The zero-order valence-electron chi connectivity index (χ0n) is 20.0. The number of hydrogen-bond donors (Lipinski definition) is 0. The second-order valence-electron chi connectivity index (χ2n) is 8.63. The summed E-state index contributed by atoms with van der Waals surface area (Å²) in [6.45, 7) is 5.37. The number of hydrogen-bond acceptors (Lipinski definition) is 2. The summed E-state index contributed by atoms with van der Waals surface area (Å²) in [4.78, 5) is 1.38. The van der Waals surface area contributed by atoms with Crippen LogP contribution in [0.1, 0.15) is 97.3 Å². The Morgan fingerprint density at radius 2 is 1.03 bits per heavy atom. The average Bonchev–Trinajstić information content (AvgIpc) is 2.81. The van der Waals surface area contributed by atoms with Crippen molar-refractivity contribution >= 4 is 11.8 Å². The summed E-state index contributed by atoms with van der Waals surface area (Å²) in [6.07, 6.45) is 17.5. The summed E-state index contributed by atoms with van der Waals surface area (Å²) >= 11 is 1.99. The molecule has 0 aliphatic carbocycles. The second-order valence-corrected chi connectivity index (χ2v) is 9.80. The number of unbranched alkanes of at least 4 members (excludes halogenated alkanes) is 11. The van der Waals surface area contributed by atoms with E-state index in [0.29, 0.717) is 0 Å². The van der Waals surface area contributed by atoms with Crippen LogP contribution in [0, 0.1) is 0 Å². The Labute approximate surface area is 196 Å². The van der Waals surface area contributed by atoms with Crippen molar-refractivity contribution in [1.82, 2.24) is 0 Å². The molecule has 0 saturated carbocycles. The summed E-state index contributed by atoms with van der Waals surface area (Å²) < 4.78 is 5.91. The minimum Gasteiger partial charge on any atom is -0.494 e. The Bertz CT molecular complexity index is 662. The summed E-state index contributed by atoms with van der Waals surface area (Å²) in [5.74, 6) is 2.22. The lowest BCUT2D eigenvalue weighted by molar-refractivity contribution is 0.304. The predicted molar refractivity (Wildman–Crippen MR) is 139 cm³/mol. The molecule has 0 saturated heterocycles. The van der Waals surface area contributed by atoms with E-state index in [4.69, 9.17) is 4.74 Å². The van der Waals surface area contributed by atoms with Crippen molar-refractivity contribution in [3.8, 4) is 16.9 Å². The topological polar surface area (TPSA) is 9.23 Å². The number of thioether (sulfide) groups is 1. The van der Waals surface area contributed by atoms with Crippen LogP contribution >= 0.6 is 11.8 Å². The van der Waals surface area contributed by atoms with Crippen molar-refractivity contribution in [2.24, 2.45) is 0 Å². The first-order chi connectivity index (χ1) is 15.3. The molecule has 2 aromatic rings. The van der Waals surface area contributed by atoms with E-state index in [0.717, 1.165) is 18.8 Å². The van der Waals surface area contributed by atoms with Gasteiger partial charge in [0.25, 0.3) is 0 Å². The molecule has 0 aliphatic rings. The van der Waals surface area contributed by atoms with Gasteiger partial charge in [0.1, 0.15) is 5.75 Å². The van der Waals surface area contributed by atoms with E-state index in [9.17, 15) is 0 Å². The van der Waals surface area contributed by atoms with Gasteiger partial charge in [0, 0.05) is 4.90 Å². The molecule has 0 N–H and O–H groups in total. The molecule has 0 atom stereocenters. The molecule has 0 aromatic heterocycles. The fourth-order valence-electron chi connectivity index (χ4n) is 3.81. The summed E-state index contributed by atoms with van der Waals surface area (Å²) in [7, 11) is 0. The molecule has 0 bridgehead atoms. The molecule has 0 radical (unpaired) electrons. The van der Waals surface area contributed by atoms with Gasteiger partial charge in [0.15, 0.2) is 0 Å². The third kappa shape index (κ3) is 11.7. The maximum Gasteiger partial charge on any atom is 0.119 e. The molecule has 1 nitrogen and oxygen atoms in total. The van der Waals surface area contributed by atoms with E-state index >= 15 is 0 Å². The van der Waals surface area contributed by atoms with Crippen molar-refractivity contribution < 1.29 is 4.74 Å². The Morgan fingerprint density at radius 3 is 1.61 bits per heavy atom. The summed E-state index contributed by atoms with van der Waals surface area (Å²) in [5.41, 5.74) is 2.54. The van der Waals surface area contributed by atoms with E-state index in [-0.39, 0.29) is 0 Å². The maximum atomic E-state index is 5.91. The summed E-state index contributed by atoms with van der Waals surface area (Å²) in [6, 6.07) is 17.6. The van der Waals surface area contributed by atoms with Crippen LogP contribution in [0.4, 0.5) is 0 Å². The van der Waals surface area contributed by atoms with E-state index in [1.54, 1.807) is 0 Å². The first-order valence-corrected chi connectivity index (χ1v) is 13.8. The standard InChI is InChI=1S/C29H44OS/c1-3-5-7-9-11-13-15-25-31-29-22-18-27(19-23-29)26-16-20-28(21-17-26)30-24-14-12-10-8-6-4-2/h16-23H,3-15,24-25H2,1-2H3. The first-order valence-electron chi connectivity index (χ1n) is 12.8. The zero-order chi connectivity index (χ0) is 22.0. The van der Waals surface area contributed by atoms with E-state index in [1.165, 1.54) is 98.8 Å². The molecule has 2 rings (SSSR count). The Kier molecular flexibility index (Phi) is 14.3. The van der Waals surface area contributed by atoms with Crippen LogP contribution in [0.25, 0.3) is 11.1 Å². The molecular formula is C29H44OS. The quantitative estimate of drug-likeness (QED) is 0.168. The Hall–Kier alpha value is -1.41. The first kappa shape index (κ1) is 25.8. The van der Waals surface area contributed by atoms with Crippen LogP contribution in [-0.4, -0.2) is 12.4 Å². The smallest absolute Gasteiger partial charge is 0.119 e.